The number of morpholine rings is 1. The number of fused-ring (bicyclic) bond motifs is 5. The first-order valence-corrected chi connectivity index (χ1v) is 11.4. The van der Waals surface area contributed by atoms with Crippen molar-refractivity contribution < 1.29 is 32.8 Å². The molecule has 4 aliphatic heterocycles. The number of benzene rings is 1. The normalized spacial score (nSPS) is 26.5. The number of carbonyl (C=O) groups is 4. The van der Waals surface area contributed by atoms with E-state index >= 15 is 4.39 Å². The summed E-state index contributed by atoms with van der Waals surface area (Å²) in [5.41, 5.74) is -1.23. The molecule has 2 aromatic rings. The number of thioether (sulfide) groups is 1. The van der Waals surface area contributed by atoms with Crippen molar-refractivity contribution >= 4 is 57.3 Å². The van der Waals surface area contributed by atoms with E-state index in [0.717, 1.165) is 11.8 Å². The molecule has 172 valence electrons. The number of barbiturate groups is 1. The third-order valence-corrected chi connectivity index (χ3v) is 7.63. The van der Waals surface area contributed by atoms with E-state index in [4.69, 9.17) is 9.26 Å². The van der Waals surface area contributed by atoms with Gasteiger partial charge in [0.25, 0.3) is 5.24 Å². The van der Waals surface area contributed by atoms with Gasteiger partial charge in [-0.3, -0.25) is 29.9 Å². The van der Waals surface area contributed by atoms with Gasteiger partial charge in [0.2, 0.25) is 17.4 Å². The Hall–Kier alpha value is -3.19. The molecule has 1 aromatic carbocycles. The van der Waals surface area contributed by atoms with Crippen molar-refractivity contribution in [3.05, 3.63) is 17.4 Å². The summed E-state index contributed by atoms with van der Waals surface area (Å²) in [5.74, 6) is -1.42. The van der Waals surface area contributed by atoms with Gasteiger partial charge in [0, 0.05) is 25.3 Å². The second-order valence-corrected chi connectivity index (χ2v) is 9.49. The molecule has 2 N–H and O–H groups in total. The summed E-state index contributed by atoms with van der Waals surface area (Å²) in [6.45, 7) is 2.60. The van der Waals surface area contributed by atoms with Crippen molar-refractivity contribution in [2.45, 2.75) is 25.5 Å². The maximum absolute atomic E-state index is 15.9. The fourth-order valence-corrected chi connectivity index (χ4v) is 6.21. The van der Waals surface area contributed by atoms with Crippen LogP contribution in [0.4, 0.5) is 25.5 Å². The molecule has 5 heterocycles. The number of aromatic nitrogens is 1. The first-order valence-electron chi connectivity index (χ1n) is 10.4. The van der Waals surface area contributed by atoms with Crippen LogP contribution in [-0.2, 0) is 20.7 Å². The Bertz CT molecular complexity index is 1240. The van der Waals surface area contributed by atoms with Gasteiger partial charge in [-0.2, -0.15) is 0 Å². The minimum atomic E-state index is -1.71. The van der Waals surface area contributed by atoms with Crippen LogP contribution in [0.15, 0.2) is 10.6 Å². The molecule has 13 heteroatoms. The van der Waals surface area contributed by atoms with Crippen molar-refractivity contribution in [2.24, 2.45) is 5.41 Å². The lowest BCUT2D eigenvalue weighted by Gasteiger charge is -2.54. The molecule has 0 radical (unpaired) electrons. The van der Waals surface area contributed by atoms with Gasteiger partial charge in [-0.25, -0.2) is 9.18 Å². The zero-order chi connectivity index (χ0) is 23.1. The summed E-state index contributed by atoms with van der Waals surface area (Å²) in [7, 11) is 0. The van der Waals surface area contributed by atoms with Crippen molar-refractivity contribution in [1.82, 2.24) is 15.8 Å². The summed E-state index contributed by atoms with van der Waals surface area (Å²) in [6, 6.07) is -0.131. The predicted molar refractivity (Wildman–Crippen MR) is 114 cm³/mol. The van der Waals surface area contributed by atoms with Gasteiger partial charge in [0.15, 0.2) is 17.1 Å². The number of amides is 5. The van der Waals surface area contributed by atoms with E-state index in [1.807, 2.05) is 0 Å². The second kappa shape index (κ2) is 6.90. The molecule has 5 amide bonds. The molecule has 0 saturated carbocycles. The highest BCUT2D eigenvalue weighted by atomic mass is 32.2. The van der Waals surface area contributed by atoms with Crippen LogP contribution >= 0.6 is 11.8 Å². The summed E-state index contributed by atoms with van der Waals surface area (Å²) in [5, 5.41) is 8.40. The van der Waals surface area contributed by atoms with E-state index in [9.17, 15) is 19.2 Å². The summed E-state index contributed by atoms with van der Waals surface area (Å²) < 4.78 is 26.9. The number of urea groups is 1. The highest BCUT2D eigenvalue weighted by Crippen LogP contribution is 2.49. The van der Waals surface area contributed by atoms with Gasteiger partial charge < -0.3 is 14.2 Å². The van der Waals surface area contributed by atoms with Gasteiger partial charge in [-0.05, 0) is 18.6 Å². The van der Waals surface area contributed by atoms with E-state index in [-0.39, 0.29) is 47.3 Å². The second-order valence-electron chi connectivity index (χ2n) is 8.45. The number of halogens is 1. The van der Waals surface area contributed by atoms with Crippen LogP contribution in [0.3, 0.4) is 0 Å². The average Bonchev–Trinajstić information content (AvgIpc) is 3.37. The van der Waals surface area contributed by atoms with E-state index in [1.165, 1.54) is 4.90 Å². The van der Waals surface area contributed by atoms with E-state index < -0.39 is 41.2 Å². The molecule has 11 nitrogen and oxygen atoms in total. The number of rotatable bonds is 1. The molecule has 2 atom stereocenters. The van der Waals surface area contributed by atoms with E-state index in [2.05, 4.69) is 15.8 Å². The monoisotopic (exact) mass is 475 g/mol. The molecule has 1 aromatic heterocycles. The van der Waals surface area contributed by atoms with Crippen LogP contribution in [0.1, 0.15) is 12.5 Å². The lowest BCUT2D eigenvalue weighted by molar-refractivity contribution is -0.151. The van der Waals surface area contributed by atoms with Gasteiger partial charge >= 0.3 is 6.03 Å². The third-order valence-electron chi connectivity index (χ3n) is 6.77. The molecule has 1 spiro atoms. The molecule has 3 fully saturated rings. The van der Waals surface area contributed by atoms with Crippen LogP contribution in [0.5, 0.6) is 0 Å². The van der Waals surface area contributed by atoms with Crippen molar-refractivity contribution in [3.63, 3.8) is 0 Å². The number of hydrogen-bond donors (Lipinski definition) is 2. The van der Waals surface area contributed by atoms with Crippen LogP contribution in [0, 0.1) is 11.2 Å². The minimum absolute atomic E-state index is 0.102. The van der Waals surface area contributed by atoms with Crippen molar-refractivity contribution in [3.8, 4) is 0 Å². The lowest BCUT2D eigenvalue weighted by Crippen LogP contribution is -2.74. The van der Waals surface area contributed by atoms with Crippen LogP contribution in [0.2, 0.25) is 0 Å². The van der Waals surface area contributed by atoms with Gasteiger partial charge in [-0.15, -0.1) is 0 Å². The molecule has 6 rings (SSSR count). The summed E-state index contributed by atoms with van der Waals surface area (Å²) in [4.78, 5) is 53.4. The fourth-order valence-electron chi connectivity index (χ4n) is 5.43. The lowest BCUT2D eigenvalue weighted by atomic mass is 9.66. The molecule has 33 heavy (non-hydrogen) atoms. The van der Waals surface area contributed by atoms with Crippen molar-refractivity contribution in [2.75, 3.05) is 35.2 Å². The zero-order valence-electron chi connectivity index (χ0n) is 17.3. The number of carbonyl (C=O) groups excluding carboxylic acids is 4. The zero-order valence-corrected chi connectivity index (χ0v) is 18.2. The topological polar surface area (TPSA) is 134 Å². The third kappa shape index (κ3) is 2.63. The fraction of sp³-hybridized carbons (Fsp3) is 0.450. The predicted octanol–water partition coefficient (Wildman–Crippen LogP) is 1.14. The number of nitrogens with one attached hydrogen (secondary N) is 2. The molecular formula is C20H18FN5O6S. The van der Waals surface area contributed by atoms with Gasteiger partial charge in [-0.1, -0.05) is 16.9 Å². The van der Waals surface area contributed by atoms with Crippen LogP contribution in [-0.4, -0.2) is 65.8 Å². The van der Waals surface area contributed by atoms with Crippen LogP contribution < -0.4 is 20.4 Å². The number of nitrogens with zero attached hydrogens (tertiary/aromatic N) is 3. The van der Waals surface area contributed by atoms with E-state index in [1.54, 1.807) is 17.9 Å². The highest BCUT2D eigenvalue weighted by Gasteiger charge is 2.63. The number of ether oxygens (including phenoxy) is 1. The molecule has 0 bridgehead atoms. The average molecular weight is 475 g/mol. The minimum Gasteiger partial charge on any atom is -0.374 e. The summed E-state index contributed by atoms with van der Waals surface area (Å²) in [6.07, 6.45) is -0.765. The quantitative estimate of drug-likeness (QED) is 0.582. The highest BCUT2D eigenvalue weighted by molar-refractivity contribution is 8.14. The number of hydrogen-bond acceptors (Lipinski definition) is 9. The Morgan fingerprint density at radius 2 is 1.97 bits per heavy atom. The molecular weight excluding hydrogens is 457 g/mol. The molecule has 0 aliphatic carbocycles. The number of anilines is 2. The van der Waals surface area contributed by atoms with Gasteiger partial charge in [0.1, 0.15) is 0 Å². The first-order chi connectivity index (χ1) is 15.8. The Kier molecular flexibility index (Phi) is 4.27. The molecule has 1 unspecified atom stereocenters. The number of imide groups is 2. The molecule has 3 saturated heterocycles. The van der Waals surface area contributed by atoms with Crippen LogP contribution in [0.25, 0.3) is 11.0 Å². The maximum Gasteiger partial charge on any atom is 0.328 e. The maximum atomic E-state index is 15.9. The Morgan fingerprint density at radius 3 is 2.67 bits per heavy atom. The van der Waals surface area contributed by atoms with Gasteiger partial charge in [0.05, 0.1) is 29.8 Å². The van der Waals surface area contributed by atoms with Crippen molar-refractivity contribution in [1.29, 1.82) is 0 Å². The first kappa shape index (κ1) is 20.4. The standard InChI is InChI=1S/C20H18FN5O6S/c1-8-14-20(16(27)22-18(29)23-17(20)28)7-9-6-10-13(11(21)12(9)25(14)2-4-31-8)32-24-15(10)26-3-5-33-19(26)30/h6,8,14H,2-5,7H2,1H3,(H2,22,23,27,28,29)/t8-,14?/m0/s1. The Morgan fingerprint density at radius 1 is 1.21 bits per heavy atom. The smallest absolute Gasteiger partial charge is 0.328 e. The summed E-state index contributed by atoms with van der Waals surface area (Å²) >= 11 is 1.13. The largest absolute Gasteiger partial charge is 0.374 e. The molecule has 4 aliphatic rings. The SMILES string of the molecule is C[C@@H]1OCCN2c3c(cc4c(N5CCSC5=O)noc4c3F)CC3(C(=O)NC(=O)NC3=O)C12. The Labute approximate surface area is 189 Å². The van der Waals surface area contributed by atoms with E-state index in [0.29, 0.717) is 17.9 Å². The Balaban J connectivity index is 1.58.